The molecule has 1 fully saturated rings. The molecule has 1 aromatic carbocycles. The van der Waals surface area contributed by atoms with Crippen molar-refractivity contribution in [3.8, 4) is 0 Å². The number of aromatic amines is 1. The van der Waals surface area contributed by atoms with Gasteiger partial charge in [-0.05, 0) is 24.1 Å². The molecule has 0 spiro atoms. The Morgan fingerprint density at radius 3 is 2.68 bits per heavy atom. The van der Waals surface area contributed by atoms with Crippen LogP contribution >= 0.6 is 0 Å². The third-order valence-corrected chi connectivity index (χ3v) is 6.61. The second kappa shape index (κ2) is 8.09. The molecule has 2 aromatic rings. The first-order chi connectivity index (χ1) is 14.7. The van der Waals surface area contributed by atoms with Gasteiger partial charge in [0.05, 0.1) is 17.2 Å². The Balaban J connectivity index is 1.69. The lowest BCUT2D eigenvalue weighted by molar-refractivity contribution is -0.147. The van der Waals surface area contributed by atoms with Crippen LogP contribution in [-0.2, 0) is 14.8 Å². The number of nitrogens with zero attached hydrogens (tertiary/aromatic N) is 2. The molecule has 3 atom stereocenters. The van der Waals surface area contributed by atoms with E-state index in [1.807, 2.05) is 0 Å². The second-order valence-electron chi connectivity index (χ2n) is 7.39. The number of nitrogens with one attached hydrogen (secondary N) is 3. The van der Waals surface area contributed by atoms with Gasteiger partial charge in [-0.1, -0.05) is 18.2 Å². The van der Waals surface area contributed by atoms with Gasteiger partial charge in [0.1, 0.15) is 0 Å². The maximum absolute atomic E-state index is 14.2. The van der Waals surface area contributed by atoms with E-state index in [-0.39, 0.29) is 17.7 Å². The highest BCUT2D eigenvalue weighted by atomic mass is 32.2. The average Bonchev–Trinajstić information content (AvgIpc) is 3.22. The van der Waals surface area contributed by atoms with Crippen molar-refractivity contribution in [1.82, 2.24) is 20.2 Å². The first kappa shape index (κ1) is 21.5. The van der Waals surface area contributed by atoms with Gasteiger partial charge in [0.25, 0.3) is 17.9 Å². The first-order valence-corrected chi connectivity index (χ1v) is 11.0. The minimum atomic E-state index is -4.23. The lowest BCUT2D eigenvalue weighted by Gasteiger charge is -2.40. The van der Waals surface area contributed by atoms with Crippen molar-refractivity contribution in [1.29, 1.82) is 0 Å². The van der Waals surface area contributed by atoms with Gasteiger partial charge in [0.2, 0.25) is 10.0 Å². The van der Waals surface area contributed by atoms with Gasteiger partial charge in [0, 0.05) is 37.2 Å². The zero-order valence-electron chi connectivity index (χ0n) is 16.1. The number of aliphatic imine (C=N–C) groups is 1. The van der Waals surface area contributed by atoms with Crippen molar-refractivity contribution >= 4 is 16.1 Å². The number of amidine groups is 1. The number of hydrogen-bond donors (Lipinski definition) is 3. The van der Waals surface area contributed by atoms with Gasteiger partial charge in [-0.25, -0.2) is 17.2 Å². The van der Waals surface area contributed by atoms with E-state index in [0.29, 0.717) is 5.56 Å². The summed E-state index contributed by atoms with van der Waals surface area (Å²) in [4.78, 5) is 3.54. The molecule has 2 heterocycles. The summed E-state index contributed by atoms with van der Waals surface area (Å²) in [6.07, 6.45) is 2.03. The zero-order valence-corrected chi connectivity index (χ0v) is 16.9. The average molecular weight is 455 g/mol. The fourth-order valence-corrected chi connectivity index (χ4v) is 4.91. The van der Waals surface area contributed by atoms with E-state index in [1.54, 1.807) is 12.3 Å². The van der Waals surface area contributed by atoms with E-state index in [2.05, 4.69) is 25.2 Å². The monoisotopic (exact) mass is 455 g/mol. The molecule has 0 amide bonds. The summed E-state index contributed by atoms with van der Waals surface area (Å²) in [5, 5.41) is 8.66. The van der Waals surface area contributed by atoms with Crippen molar-refractivity contribution in [3.63, 3.8) is 0 Å². The van der Waals surface area contributed by atoms with E-state index in [1.165, 1.54) is 30.5 Å². The molecule has 1 saturated carbocycles. The van der Waals surface area contributed by atoms with Gasteiger partial charge in [-0.15, -0.1) is 0 Å². The normalized spacial score (nSPS) is 28.0. The molecule has 3 N–H and O–H groups in total. The van der Waals surface area contributed by atoms with E-state index in [0.717, 1.165) is 12.3 Å². The molecule has 0 radical (unpaired) electrons. The SMILES string of the molecule is O=S(=O)(NC1(O[C@H]2CC(F)(F)CC[C@@H]2c2cn[nH]c2)C=CNC(F)=N1)c1ccccc1. The number of rotatable bonds is 6. The number of aromatic nitrogens is 2. The molecule has 12 heteroatoms. The van der Waals surface area contributed by atoms with Gasteiger partial charge < -0.3 is 10.1 Å². The van der Waals surface area contributed by atoms with Crippen LogP contribution < -0.4 is 10.0 Å². The third kappa shape index (κ3) is 4.81. The molecule has 31 heavy (non-hydrogen) atoms. The van der Waals surface area contributed by atoms with Crippen molar-refractivity contribution in [2.45, 2.75) is 48.0 Å². The number of sulfonamides is 1. The van der Waals surface area contributed by atoms with E-state index in [9.17, 15) is 21.6 Å². The van der Waals surface area contributed by atoms with Crippen LogP contribution in [0.1, 0.15) is 30.7 Å². The van der Waals surface area contributed by atoms with Gasteiger partial charge in [-0.3, -0.25) is 5.10 Å². The fourth-order valence-electron chi connectivity index (χ4n) is 3.73. The number of benzene rings is 1. The molecule has 166 valence electrons. The van der Waals surface area contributed by atoms with Crippen molar-refractivity contribution in [2.24, 2.45) is 4.99 Å². The Morgan fingerprint density at radius 1 is 1.23 bits per heavy atom. The summed E-state index contributed by atoms with van der Waals surface area (Å²) in [5.41, 5.74) is 0.629. The molecule has 1 unspecified atom stereocenters. The van der Waals surface area contributed by atoms with Crippen LogP contribution in [0.25, 0.3) is 0 Å². The predicted octanol–water partition coefficient (Wildman–Crippen LogP) is 2.77. The van der Waals surface area contributed by atoms with Crippen LogP contribution in [0.3, 0.4) is 0 Å². The van der Waals surface area contributed by atoms with E-state index in [4.69, 9.17) is 4.74 Å². The van der Waals surface area contributed by atoms with Crippen LogP contribution in [0, 0.1) is 0 Å². The summed E-state index contributed by atoms with van der Waals surface area (Å²) in [6.45, 7) is 0. The maximum Gasteiger partial charge on any atom is 0.286 e. The van der Waals surface area contributed by atoms with Gasteiger partial charge in [-0.2, -0.15) is 19.2 Å². The topological polar surface area (TPSA) is 108 Å². The Bertz CT molecular complexity index is 1080. The molecule has 8 nitrogen and oxygen atoms in total. The number of ether oxygens (including phenoxy) is 1. The van der Waals surface area contributed by atoms with Crippen LogP contribution in [0.5, 0.6) is 0 Å². The highest BCUT2D eigenvalue weighted by molar-refractivity contribution is 7.89. The Morgan fingerprint density at radius 2 is 2.00 bits per heavy atom. The molecular weight excluding hydrogens is 435 g/mol. The maximum atomic E-state index is 14.2. The summed E-state index contributed by atoms with van der Waals surface area (Å²) < 4.78 is 76.4. The molecular formula is C19H20F3N5O3S. The minimum Gasteiger partial charge on any atom is -0.333 e. The van der Waals surface area contributed by atoms with Crippen LogP contribution in [-0.4, -0.2) is 42.6 Å². The Kier molecular flexibility index (Phi) is 5.62. The standard InChI is InChI=1S/C19H20F3N5O3S/c20-17-23-9-8-19(26-17,27-31(28,29)14-4-2-1-3-5-14)30-16-10-18(21,22)7-6-15(16)13-11-24-25-12-13/h1-5,8-9,11-12,15-16,27H,6-7,10H2,(H,23,26)(H,24,25)/t15-,16+,19?/m1/s1. The quantitative estimate of drug-likeness (QED) is 0.459. The highest BCUT2D eigenvalue weighted by Gasteiger charge is 2.47. The predicted molar refractivity (Wildman–Crippen MR) is 105 cm³/mol. The number of H-pyrrole nitrogens is 1. The van der Waals surface area contributed by atoms with Crippen molar-refractivity contribution in [2.75, 3.05) is 0 Å². The first-order valence-electron chi connectivity index (χ1n) is 9.51. The highest BCUT2D eigenvalue weighted by Crippen LogP contribution is 2.44. The summed E-state index contributed by atoms with van der Waals surface area (Å²) >= 11 is 0. The summed E-state index contributed by atoms with van der Waals surface area (Å²) in [5.74, 6) is -5.79. The second-order valence-corrected chi connectivity index (χ2v) is 9.07. The van der Waals surface area contributed by atoms with Gasteiger partial charge >= 0.3 is 0 Å². The summed E-state index contributed by atoms with van der Waals surface area (Å²) in [6, 6.07) is 7.34. The van der Waals surface area contributed by atoms with E-state index >= 15 is 0 Å². The zero-order chi connectivity index (χ0) is 22.1. The van der Waals surface area contributed by atoms with Crippen LogP contribution in [0.15, 0.2) is 64.9 Å². The molecule has 0 bridgehead atoms. The number of alkyl halides is 2. The smallest absolute Gasteiger partial charge is 0.286 e. The molecule has 4 rings (SSSR count). The fraction of sp³-hybridized carbons (Fsp3) is 0.368. The van der Waals surface area contributed by atoms with Crippen LogP contribution in [0.4, 0.5) is 13.2 Å². The molecule has 1 aliphatic carbocycles. The molecule has 1 aromatic heterocycles. The molecule has 2 aliphatic rings. The Labute approximate surface area is 176 Å². The van der Waals surface area contributed by atoms with Gasteiger partial charge in [0.15, 0.2) is 0 Å². The Hall–Kier alpha value is -2.70. The van der Waals surface area contributed by atoms with Crippen molar-refractivity contribution in [3.05, 3.63) is 60.6 Å². The molecule has 1 aliphatic heterocycles. The summed E-state index contributed by atoms with van der Waals surface area (Å²) in [7, 11) is -4.23. The lowest BCUT2D eigenvalue weighted by atomic mass is 9.81. The number of hydrogen-bond acceptors (Lipinski definition) is 6. The van der Waals surface area contributed by atoms with Crippen LogP contribution in [0.2, 0.25) is 0 Å². The minimum absolute atomic E-state index is 0.0763. The largest absolute Gasteiger partial charge is 0.333 e. The van der Waals surface area contributed by atoms with Crippen molar-refractivity contribution < 1.29 is 26.3 Å². The number of halogens is 3. The lowest BCUT2D eigenvalue weighted by Crippen LogP contribution is -2.54. The third-order valence-electron chi connectivity index (χ3n) is 5.16. The molecule has 0 saturated heterocycles. The van der Waals surface area contributed by atoms with E-state index < -0.39 is 46.3 Å².